The number of nitrogens with one attached hydrogen (secondary N) is 1. The van der Waals surface area contributed by atoms with Gasteiger partial charge in [0.15, 0.2) is 6.10 Å². The zero-order chi connectivity index (χ0) is 17.1. The Morgan fingerprint density at radius 1 is 1.17 bits per heavy atom. The highest BCUT2D eigenvalue weighted by atomic mass is 16.5. The number of amides is 3. The Morgan fingerprint density at radius 3 is 2.17 bits per heavy atom. The van der Waals surface area contributed by atoms with Gasteiger partial charge < -0.3 is 10.1 Å². The van der Waals surface area contributed by atoms with Crippen LogP contribution in [0.3, 0.4) is 0 Å². The lowest BCUT2D eigenvalue weighted by molar-refractivity contribution is -0.164. The van der Waals surface area contributed by atoms with Crippen molar-refractivity contribution in [1.29, 1.82) is 0 Å². The summed E-state index contributed by atoms with van der Waals surface area (Å²) in [6, 6.07) is -1.00. The first kappa shape index (κ1) is 17.4. The lowest BCUT2D eigenvalue weighted by Crippen LogP contribution is -2.46. The molecule has 1 saturated carbocycles. The fourth-order valence-electron chi connectivity index (χ4n) is 3.32. The standard InChI is InChI=1S/C16H24N2O5/c1-4-17-13(19)10(3)23-16(22)9(2)18-14(20)11-7-5-6-8-12(11)15(18)21/h9-12H,4-8H2,1-3H3,(H,17,19)/t9-,10-,11-,12-/m0/s1. The van der Waals surface area contributed by atoms with E-state index >= 15 is 0 Å². The van der Waals surface area contributed by atoms with Crippen LogP contribution in [0.15, 0.2) is 0 Å². The van der Waals surface area contributed by atoms with Gasteiger partial charge in [0.2, 0.25) is 11.8 Å². The fraction of sp³-hybridized carbons (Fsp3) is 0.750. The third-order valence-corrected chi connectivity index (χ3v) is 4.62. The van der Waals surface area contributed by atoms with Gasteiger partial charge in [-0.3, -0.25) is 19.3 Å². The van der Waals surface area contributed by atoms with Crippen molar-refractivity contribution in [3.8, 4) is 0 Å². The molecule has 0 radical (unpaired) electrons. The summed E-state index contributed by atoms with van der Waals surface area (Å²) in [6.07, 6.45) is 2.30. The van der Waals surface area contributed by atoms with Crippen molar-refractivity contribution in [1.82, 2.24) is 10.2 Å². The van der Waals surface area contributed by atoms with E-state index in [1.54, 1.807) is 6.92 Å². The van der Waals surface area contributed by atoms with E-state index in [0.29, 0.717) is 19.4 Å². The summed E-state index contributed by atoms with van der Waals surface area (Å²) in [6.45, 7) is 5.13. The highest BCUT2D eigenvalue weighted by molar-refractivity contribution is 6.07. The summed E-state index contributed by atoms with van der Waals surface area (Å²) >= 11 is 0. The van der Waals surface area contributed by atoms with Crippen LogP contribution >= 0.6 is 0 Å². The quantitative estimate of drug-likeness (QED) is 0.591. The SMILES string of the molecule is CCNC(=O)[C@H](C)OC(=O)[C@H](C)N1C(=O)[C@H]2CCCC[C@@H]2C1=O. The van der Waals surface area contributed by atoms with Gasteiger partial charge in [0, 0.05) is 6.54 Å². The van der Waals surface area contributed by atoms with Crippen LogP contribution in [-0.2, 0) is 23.9 Å². The molecule has 1 saturated heterocycles. The second-order valence-electron chi connectivity index (χ2n) is 6.19. The predicted molar refractivity (Wildman–Crippen MR) is 81.0 cm³/mol. The third kappa shape index (κ3) is 3.38. The molecule has 0 aromatic rings. The van der Waals surface area contributed by atoms with Crippen LogP contribution in [0.25, 0.3) is 0 Å². The molecule has 0 spiro atoms. The van der Waals surface area contributed by atoms with Gasteiger partial charge in [-0.15, -0.1) is 0 Å². The Labute approximate surface area is 135 Å². The number of imide groups is 1. The van der Waals surface area contributed by atoms with E-state index in [9.17, 15) is 19.2 Å². The minimum absolute atomic E-state index is 0.283. The molecule has 128 valence electrons. The third-order valence-electron chi connectivity index (χ3n) is 4.62. The summed E-state index contributed by atoms with van der Waals surface area (Å²) in [5.74, 6) is -2.30. The maximum absolute atomic E-state index is 12.4. The first-order valence-corrected chi connectivity index (χ1v) is 8.23. The fourth-order valence-corrected chi connectivity index (χ4v) is 3.32. The van der Waals surface area contributed by atoms with Crippen LogP contribution < -0.4 is 5.32 Å². The maximum Gasteiger partial charge on any atom is 0.329 e. The van der Waals surface area contributed by atoms with Gasteiger partial charge in [-0.05, 0) is 33.6 Å². The Kier molecular flexibility index (Phi) is 5.38. The molecule has 0 aromatic carbocycles. The summed E-state index contributed by atoms with van der Waals surface area (Å²) in [5.41, 5.74) is 0. The summed E-state index contributed by atoms with van der Waals surface area (Å²) in [7, 11) is 0. The minimum Gasteiger partial charge on any atom is -0.451 e. The Bertz CT molecular complexity index is 495. The average Bonchev–Trinajstić information content (AvgIpc) is 2.78. The van der Waals surface area contributed by atoms with Crippen molar-refractivity contribution in [3.05, 3.63) is 0 Å². The van der Waals surface area contributed by atoms with Gasteiger partial charge in [-0.25, -0.2) is 4.79 Å². The second-order valence-corrected chi connectivity index (χ2v) is 6.19. The van der Waals surface area contributed by atoms with E-state index in [1.165, 1.54) is 13.8 Å². The van der Waals surface area contributed by atoms with E-state index in [-0.39, 0.29) is 23.7 Å². The van der Waals surface area contributed by atoms with Crippen molar-refractivity contribution in [2.24, 2.45) is 11.8 Å². The molecule has 23 heavy (non-hydrogen) atoms. The number of likely N-dealkylation sites (tertiary alicyclic amines) is 1. The molecule has 2 aliphatic rings. The van der Waals surface area contributed by atoms with Gasteiger partial charge in [-0.1, -0.05) is 12.8 Å². The minimum atomic E-state index is -1.00. The Morgan fingerprint density at radius 2 is 1.70 bits per heavy atom. The van der Waals surface area contributed by atoms with Crippen LogP contribution in [0.5, 0.6) is 0 Å². The van der Waals surface area contributed by atoms with Crippen molar-refractivity contribution in [3.63, 3.8) is 0 Å². The molecule has 2 rings (SSSR count). The zero-order valence-corrected chi connectivity index (χ0v) is 13.8. The topological polar surface area (TPSA) is 92.8 Å². The molecule has 1 aliphatic heterocycles. The highest BCUT2D eigenvalue weighted by Crippen LogP contribution is 2.38. The largest absolute Gasteiger partial charge is 0.451 e. The maximum atomic E-state index is 12.4. The van der Waals surface area contributed by atoms with Crippen LogP contribution in [0.1, 0.15) is 46.5 Å². The van der Waals surface area contributed by atoms with Crippen molar-refractivity contribution in [2.45, 2.75) is 58.6 Å². The number of esters is 1. The van der Waals surface area contributed by atoms with Crippen LogP contribution in [0.4, 0.5) is 0 Å². The number of rotatable bonds is 5. The second kappa shape index (κ2) is 7.10. The van der Waals surface area contributed by atoms with E-state index in [2.05, 4.69) is 5.32 Å². The lowest BCUT2D eigenvalue weighted by atomic mass is 9.81. The van der Waals surface area contributed by atoms with E-state index < -0.39 is 24.0 Å². The van der Waals surface area contributed by atoms with Crippen LogP contribution in [-0.4, -0.2) is 47.3 Å². The molecule has 0 aromatic heterocycles. The van der Waals surface area contributed by atoms with E-state index in [0.717, 1.165) is 17.7 Å². The summed E-state index contributed by atoms with van der Waals surface area (Å²) < 4.78 is 5.09. The van der Waals surface area contributed by atoms with Crippen molar-refractivity contribution < 1.29 is 23.9 Å². The molecular weight excluding hydrogens is 300 g/mol. The molecule has 7 heteroatoms. The lowest BCUT2D eigenvalue weighted by Gasteiger charge is -2.23. The number of likely N-dealkylation sites (N-methyl/N-ethyl adjacent to an activating group) is 1. The average molecular weight is 324 g/mol. The molecule has 0 unspecified atom stereocenters. The zero-order valence-electron chi connectivity index (χ0n) is 13.8. The number of carbonyl (C=O) groups is 4. The number of nitrogens with zero attached hydrogens (tertiary/aromatic N) is 1. The number of carbonyl (C=O) groups excluding carboxylic acids is 4. The Balaban J connectivity index is 2.03. The Hall–Kier alpha value is -1.92. The number of ether oxygens (including phenoxy) is 1. The molecule has 0 bridgehead atoms. The molecule has 4 atom stereocenters. The van der Waals surface area contributed by atoms with E-state index in [1.807, 2.05) is 0 Å². The van der Waals surface area contributed by atoms with Gasteiger partial charge in [0.25, 0.3) is 5.91 Å². The predicted octanol–water partition coefficient (Wildman–Crippen LogP) is 0.618. The molecule has 2 fully saturated rings. The van der Waals surface area contributed by atoms with Gasteiger partial charge in [0.1, 0.15) is 6.04 Å². The molecule has 1 aliphatic carbocycles. The molecule has 1 N–H and O–H groups in total. The smallest absolute Gasteiger partial charge is 0.329 e. The van der Waals surface area contributed by atoms with Gasteiger partial charge >= 0.3 is 5.97 Å². The summed E-state index contributed by atoms with van der Waals surface area (Å²) in [5, 5.41) is 2.55. The summed E-state index contributed by atoms with van der Waals surface area (Å²) in [4.78, 5) is 49.7. The first-order chi connectivity index (χ1) is 10.9. The molecule has 7 nitrogen and oxygen atoms in total. The number of fused-ring (bicyclic) bond motifs is 1. The molecule has 3 amide bonds. The van der Waals surface area contributed by atoms with E-state index in [4.69, 9.17) is 4.74 Å². The monoisotopic (exact) mass is 324 g/mol. The molecule has 1 heterocycles. The number of hydrogen-bond acceptors (Lipinski definition) is 5. The normalized spacial score (nSPS) is 26.5. The van der Waals surface area contributed by atoms with Crippen molar-refractivity contribution >= 4 is 23.7 Å². The van der Waals surface area contributed by atoms with Crippen molar-refractivity contribution in [2.75, 3.05) is 6.54 Å². The van der Waals surface area contributed by atoms with Gasteiger partial charge in [-0.2, -0.15) is 0 Å². The van der Waals surface area contributed by atoms with Crippen LogP contribution in [0.2, 0.25) is 0 Å². The first-order valence-electron chi connectivity index (χ1n) is 8.23. The molecular formula is C16H24N2O5. The van der Waals surface area contributed by atoms with Gasteiger partial charge in [0.05, 0.1) is 11.8 Å². The van der Waals surface area contributed by atoms with Crippen LogP contribution in [0, 0.1) is 11.8 Å². The highest BCUT2D eigenvalue weighted by Gasteiger charge is 2.51. The number of hydrogen-bond donors (Lipinski definition) is 1.